The first kappa shape index (κ1) is 15.8. The van der Waals surface area contributed by atoms with Gasteiger partial charge < -0.3 is 4.90 Å². The molecule has 3 atom stereocenters. The van der Waals surface area contributed by atoms with Gasteiger partial charge >= 0.3 is 0 Å². The van der Waals surface area contributed by atoms with Crippen molar-refractivity contribution < 1.29 is 22.8 Å². The SMILES string of the molecule is CC1CN(C=O)C2C(=O)CN(S(=O)(=O)C(=O)c3cccnc3)C12. The van der Waals surface area contributed by atoms with Gasteiger partial charge in [0.05, 0.1) is 18.2 Å². The highest BCUT2D eigenvalue weighted by atomic mass is 32.2. The molecule has 2 aliphatic heterocycles. The minimum atomic E-state index is -4.35. The van der Waals surface area contributed by atoms with E-state index in [2.05, 4.69) is 4.98 Å². The molecule has 0 N–H and O–H groups in total. The molecule has 0 aromatic carbocycles. The molecule has 1 amide bonds. The molecule has 1 aromatic heterocycles. The van der Waals surface area contributed by atoms with Crippen LogP contribution in [0.2, 0.25) is 0 Å². The molecule has 1 aromatic rings. The van der Waals surface area contributed by atoms with Crippen molar-refractivity contribution in [2.45, 2.75) is 19.0 Å². The Kier molecular flexibility index (Phi) is 3.77. The van der Waals surface area contributed by atoms with Crippen molar-refractivity contribution in [1.29, 1.82) is 0 Å². The van der Waals surface area contributed by atoms with E-state index in [1.54, 1.807) is 6.92 Å². The summed E-state index contributed by atoms with van der Waals surface area (Å²) in [7, 11) is -4.35. The Morgan fingerprint density at radius 3 is 2.78 bits per heavy atom. The van der Waals surface area contributed by atoms with Crippen LogP contribution in [0.25, 0.3) is 0 Å². The Morgan fingerprint density at radius 2 is 2.17 bits per heavy atom. The van der Waals surface area contributed by atoms with E-state index in [0.717, 1.165) is 4.31 Å². The molecule has 3 heterocycles. The van der Waals surface area contributed by atoms with Crippen LogP contribution in [0.4, 0.5) is 0 Å². The van der Waals surface area contributed by atoms with Crippen molar-refractivity contribution in [3.05, 3.63) is 30.1 Å². The van der Waals surface area contributed by atoms with Gasteiger partial charge in [-0.3, -0.25) is 19.4 Å². The third-order valence-electron chi connectivity index (χ3n) is 4.31. The highest BCUT2D eigenvalue weighted by Gasteiger charge is 2.56. The molecular weight excluding hydrogens is 322 g/mol. The second-order valence-electron chi connectivity index (χ2n) is 5.76. The fourth-order valence-corrected chi connectivity index (χ4v) is 4.90. The van der Waals surface area contributed by atoms with Crippen LogP contribution in [0.3, 0.4) is 0 Å². The normalized spacial score (nSPS) is 28.0. The zero-order chi connectivity index (χ0) is 16.8. The van der Waals surface area contributed by atoms with Crippen LogP contribution in [0, 0.1) is 5.92 Å². The average Bonchev–Trinajstić information content (AvgIpc) is 3.07. The van der Waals surface area contributed by atoms with Crippen LogP contribution in [0.15, 0.2) is 24.5 Å². The van der Waals surface area contributed by atoms with E-state index in [0.29, 0.717) is 6.41 Å². The van der Waals surface area contributed by atoms with E-state index in [1.807, 2.05) is 0 Å². The number of aromatic nitrogens is 1. The summed E-state index contributed by atoms with van der Waals surface area (Å²) in [6.07, 6.45) is 3.16. The number of amides is 1. The Morgan fingerprint density at radius 1 is 1.43 bits per heavy atom. The summed E-state index contributed by atoms with van der Waals surface area (Å²) < 4.78 is 26.2. The fourth-order valence-electron chi connectivity index (χ4n) is 3.32. The van der Waals surface area contributed by atoms with Crippen LogP contribution in [-0.4, -0.2) is 65.1 Å². The first-order valence-corrected chi connectivity index (χ1v) is 8.52. The van der Waals surface area contributed by atoms with Gasteiger partial charge in [-0.15, -0.1) is 0 Å². The van der Waals surface area contributed by atoms with Crippen molar-refractivity contribution in [1.82, 2.24) is 14.2 Å². The van der Waals surface area contributed by atoms with Gasteiger partial charge in [0.25, 0.3) is 15.1 Å². The minimum absolute atomic E-state index is 0.0544. The molecule has 0 saturated carbocycles. The minimum Gasteiger partial charge on any atom is -0.333 e. The summed E-state index contributed by atoms with van der Waals surface area (Å²) in [5, 5.41) is -1.09. The third kappa shape index (κ3) is 2.36. The summed E-state index contributed by atoms with van der Waals surface area (Å²) in [5.74, 6) is -0.595. The number of hydrogen-bond donors (Lipinski definition) is 0. The van der Waals surface area contributed by atoms with E-state index in [-0.39, 0.29) is 23.8 Å². The maximum Gasteiger partial charge on any atom is 0.293 e. The van der Waals surface area contributed by atoms with Gasteiger partial charge in [-0.1, -0.05) is 6.92 Å². The van der Waals surface area contributed by atoms with Crippen molar-refractivity contribution in [2.24, 2.45) is 5.92 Å². The van der Waals surface area contributed by atoms with Gasteiger partial charge in [-0.25, -0.2) is 8.42 Å². The number of likely N-dealkylation sites (tertiary alicyclic amines) is 1. The molecule has 0 bridgehead atoms. The van der Waals surface area contributed by atoms with Gasteiger partial charge in [0.15, 0.2) is 5.78 Å². The Bertz CT molecular complexity index is 764. The van der Waals surface area contributed by atoms with Gasteiger partial charge in [0.2, 0.25) is 6.41 Å². The quantitative estimate of drug-likeness (QED) is 0.674. The summed E-state index contributed by atoms with van der Waals surface area (Å²) in [6, 6.07) is 1.32. The molecule has 2 fully saturated rings. The lowest BCUT2D eigenvalue weighted by atomic mass is 10.0. The number of hydrogen-bond acceptors (Lipinski definition) is 6. The van der Waals surface area contributed by atoms with Crippen molar-refractivity contribution in [3.8, 4) is 0 Å². The zero-order valence-electron chi connectivity index (χ0n) is 12.3. The number of rotatable bonds is 3. The van der Waals surface area contributed by atoms with Crippen molar-refractivity contribution in [2.75, 3.05) is 13.1 Å². The zero-order valence-corrected chi connectivity index (χ0v) is 13.1. The van der Waals surface area contributed by atoms with Crippen molar-refractivity contribution in [3.63, 3.8) is 0 Å². The number of sulfonamides is 1. The predicted octanol–water partition coefficient (Wildman–Crippen LogP) is -0.718. The highest BCUT2D eigenvalue weighted by Crippen LogP contribution is 2.35. The van der Waals surface area contributed by atoms with Gasteiger partial charge in [0.1, 0.15) is 6.04 Å². The lowest BCUT2D eigenvalue weighted by molar-refractivity contribution is -0.127. The molecule has 0 spiro atoms. The number of fused-ring (bicyclic) bond motifs is 1. The van der Waals surface area contributed by atoms with Crippen LogP contribution >= 0.6 is 0 Å². The highest BCUT2D eigenvalue weighted by molar-refractivity contribution is 8.04. The maximum absolute atomic E-state index is 12.7. The van der Waals surface area contributed by atoms with E-state index in [9.17, 15) is 22.8 Å². The second-order valence-corrected chi connectivity index (χ2v) is 7.55. The van der Waals surface area contributed by atoms with Crippen LogP contribution in [0.1, 0.15) is 17.3 Å². The van der Waals surface area contributed by atoms with Crippen LogP contribution < -0.4 is 0 Å². The molecule has 2 aliphatic rings. The standard InChI is InChI=1S/C14H15N3O5S/c1-9-6-16(8-18)13-11(19)7-17(12(9)13)23(21,22)14(20)10-3-2-4-15-5-10/h2-5,8-9,12-13H,6-7H2,1H3. The monoisotopic (exact) mass is 337 g/mol. The molecular formula is C14H15N3O5S. The fraction of sp³-hybridized carbons (Fsp3) is 0.429. The van der Waals surface area contributed by atoms with Crippen LogP contribution in [-0.2, 0) is 19.6 Å². The summed E-state index contributed by atoms with van der Waals surface area (Å²) in [5.41, 5.74) is -0.0544. The number of carbonyl (C=O) groups is 3. The molecule has 9 heteroatoms. The molecule has 3 rings (SSSR count). The summed E-state index contributed by atoms with van der Waals surface area (Å²) >= 11 is 0. The summed E-state index contributed by atoms with van der Waals surface area (Å²) in [4.78, 5) is 40.6. The maximum atomic E-state index is 12.7. The number of nitrogens with zero attached hydrogens (tertiary/aromatic N) is 3. The predicted molar refractivity (Wildman–Crippen MR) is 78.7 cm³/mol. The average molecular weight is 337 g/mol. The molecule has 2 saturated heterocycles. The Hall–Kier alpha value is -2.13. The lowest BCUT2D eigenvalue weighted by Crippen LogP contribution is -2.44. The third-order valence-corrected chi connectivity index (χ3v) is 6.01. The summed E-state index contributed by atoms with van der Waals surface area (Å²) in [6.45, 7) is 1.66. The number of Topliss-reactive ketones (excluding diaryl/α,β-unsaturated/α-hetero) is 1. The van der Waals surface area contributed by atoms with Crippen molar-refractivity contribution >= 4 is 27.3 Å². The van der Waals surface area contributed by atoms with Gasteiger partial charge in [-0.2, -0.15) is 4.31 Å². The number of carbonyl (C=O) groups excluding carboxylic acids is 3. The Balaban J connectivity index is 1.97. The first-order chi connectivity index (χ1) is 10.9. The molecule has 0 aliphatic carbocycles. The molecule has 8 nitrogen and oxygen atoms in total. The smallest absolute Gasteiger partial charge is 0.293 e. The number of ketones is 1. The second kappa shape index (κ2) is 5.50. The van der Waals surface area contributed by atoms with E-state index in [4.69, 9.17) is 0 Å². The molecule has 0 radical (unpaired) electrons. The van der Waals surface area contributed by atoms with Crippen LogP contribution in [0.5, 0.6) is 0 Å². The Labute approximate surface area is 133 Å². The van der Waals surface area contributed by atoms with E-state index < -0.39 is 33.8 Å². The largest absolute Gasteiger partial charge is 0.333 e. The van der Waals surface area contributed by atoms with E-state index >= 15 is 0 Å². The first-order valence-electron chi connectivity index (χ1n) is 7.08. The lowest BCUT2D eigenvalue weighted by Gasteiger charge is -2.24. The topological polar surface area (TPSA) is 105 Å². The molecule has 122 valence electrons. The molecule has 3 unspecified atom stereocenters. The number of pyridine rings is 1. The molecule has 23 heavy (non-hydrogen) atoms. The van der Waals surface area contributed by atoms with Gasteiger partial charge in [0, 0.05) is 18.9 Å². The van der Waals surface area contributed by atoms with Gasteiger partial charge in [-0.05, 0) is 18.1 Å². The van der Waals surface area contributed by atoms with E-state index in [1.165, 1.54) is 29.4 Å².